The zero-order chi connectivity index (χ0) is 6.28. The highest BCUT2D eigenvalue weighted by molar-refractivity contribution is 5.69. The molecule has 0 aromatic carbocycles. The zero-order valence-electron chi connectivity index (χ0n) is 4.35. The minimum atomic E-state index is -0.833. The molecular weight excluding hydrogens is 94.1 g/mol. The first kappa shape index (κ1) is 9.52. The molecule has 0 fully saturated rings. The van der Waals surface area contributed by atoms with E-state index in [1.165, 1.54) is 0 Å². The number of primary amides is 2. The molecule has 0 atom stereocenters. The lowest BCUT2D eigenvalue weighted by molar-refractivity contribution is 0.256. The van der Waals surface area contributed by atoms with E-state index in [2.05, 4.69) is 11.5 Å². The lowest BCUT2D eigenvalue weighted by atomic mass is 10.8. The molecule has 4 heteroatoms. The predicted octanol–water partition coefficient (Wildman–Crippen LogP) is -1.01. The fourth-order valence-electron chi connectivity index (χ4n) is 0. The van der Waals surface area contributed by atoms with Crippen LogP contribution in [0.5, 0.6) is 0 Å². The van der Waals surface area contributed by atoms with Crippen molar-refractivity contribution in [3.05, 3.63) is 0 Å². The van der Waals surface area contributed by atoms with Crippen LogP contribution in [-0.4, -0.2) is 12.6 Å². The van der Waals surface area contributed by atoms with Crippen molar-refractivity contribution in [2.45, 2.75) is 6.92 Å². The Bertz CT molecular complexity index is 41.4. The summed E-state index contributed by atoms with van der Waals surface area (Å²) in [7, 11) is 0. The summed E-state index contributed by atoms with van der Waals surface area (Å²) in [5.41, 5.74) is 13.3. The van der Waals surface area contributed by atoms with Gasteiger partial charge in [0.25, 0.3) is 0 Å². The smallest absolute Gasteiger partial charge is 0.309 e. The number of carbonyl (C=O) groups is 1. The van der Waals surface area contributed by atoms with Crippen LogP contribution in [0.15, 0.2) is 0 Å². The number of rotatable bonds is 0. The van der Waals surface area contributed by atoms with E-state index in [1.807, 2.05) is 6.92 Å². The van der Waals surface area contributed by atoms with Gasteiger partial charge in [-0.3, -0.25) is 0 Å². The maximum absolute atomic E-state index is 9.00. The largest absolute Gasteiger partial charge is 0.352 e. The van der Waals surface area contributed by atoms with Gasteiger partial charge in [-0.1, -0.05) is 6.92 Å². The molecule has 0 rings (SSSR count). The van der Waals surface area contributed by atoms with Crippen molar-refractivity contribution >= 4 is 6.03 Å². The maximum Gasteiger partial charge on any atom is 0.309 e. The summed E-state index contributed by atoms with van der Waals surface area (Å²) >= 11 is 0. The number of amides is 2. The van der Waals surface area contributed by atoms with E-state index in [4.69, 9.17) is 10.5 Å². The standard InChI is InChI=1S/C2H7N.CH4N2O/c1-2-3;2-1(3)4/h2-3H2,1H3;(H4,2,3,4). The number of hydrogen-bond acceptors (Lipinski definition) is 2. The molecule has 0 bridgehead atoms. The Morgan fingerprint density at radius 1 is 1.57 bits per heavy atom. The van der Waals surface area contributed by atoms with Crippen LogP contribution in [0.25, 0.3) is 0 Å². The van der Waals surface area contributed by atoms with Gasteiger partial charge in [0, 0.05) is 0 Å². The fourth-order valence-corrected chi connectivity index (χ4v) is 0. The summed E-state index contributed by atoms with van der Waals surface area (Å²) in [5.74, 6) is 0. The average molecular weight is 105 g/mol. The van der Waals surface area contributed by atoms with Gasteiger partial charge in [0.05, 0.1) is 0 Å². The highest BCUT2D eigenvalue weighted by Crippen LogP contribution is 1.25. The van der Waals surface area contributed by atoms with Crippen LogP contribution in [0.2, 0.25) is 0 Å². The van der Waals surface area contributed by atoms with Crippen LogP contribution in [0.1, 0.15) is 6.92 Å². The van der Waals surface area contributed by atoms with Crippen molar-refractivity contribution in [2.75, 3.05) is 6.54 Å². The summed E-state index contributed by atoms with van der Waals surface area (Å²) in [6.45, 7) is 2.65. The molecule has 44 valence electrons. The van der Waals surface area contributed by atoms with Crippen molar-refractivity contribution in [1.29, 1.82) is 0 Å². The molecule has 2 amide bonds. The Balaban J connectivity index is 0. The van der Waals surface area contributed by atoms with Crippen LogP contribution in [0.4, 0.5) is 4.79 Å². The molecule has 7 heavy (non-hydrogen) atoms. The van der Waals surface area contributed by atoms with Crippen molar-refractivity contribution in [3.8, 4) is 0 Å². The number of hydrogen-bond donors (Lipinski definition) is 3. The normalized spacial score (nSPS) is 6.00. The molecule has 0 heterocycles. The van der Waals surface area contributed by atoms with Gasteiger partial charge in [0.15, 0.2) is 0 Å². The molecule has 0 aliphatic rings. The van der Waals surface area contributed by atoms with Gasteiger partial charge < -0.3 is 17.2 Å². The third-order valence-corrected chi connectivity index (χ3v) is 0. The number of urea groups is 1. The molecule has 6 N–H and O–H groups in total. The molecule has 4 nitrogen and oxygen atoms in total. The molecule has 0 spiro atoms. The quantitative estimate of drug-likeness (QED) is 0.368. The van der Waals surface area contributed by atoms with Crippen molar-refractivity contribution < 1.29 is 4.79 Å². The Morgan fingerprint density at radius 2 is 1.57 bits per heavy atom. The molecule has 0 aliphatic carbocycles. The first-order chi connectivity index (χ1) is 3.15. The Hall–Kier alpha value is -0.770. The fraction of sp³-hybridized carbons (Fsp3) is 0.667. The molecule has 0 aromatic rings. The molecule has 0 saturated heterocycles. The average Bonchev–Trinajstić information content (AvgIpc) is 1.33. The second kappa shape index (κ2) is 8.97. The topological polar surface area (TPSA) is 95.1 Å². The van der Waals surface area contributed by atoms with Crippen LogP contribution in [0, 0.1) is 0 Å². The SMILES string of the molecule is CCN.NC(N)=O. The minimum absolute atomic E-state index is 0.750. The molecular formula is C3H11N3O. The van der Waals surface area contributed by atoms with Gasteiger partial charge in [0.1, 0.15) is 0 Å². The Labute approximate surface area is 42.7 Å². The van der Waals surface area contributed by atoms with Gasteiger partial charge in [-0.25, -0.2) is 4.79 Å². The molecule has 0 unspecified atom stereocenters. The van der Waals surface area contributed by atoms with Crippen LogP contribution in [0.3, 0.4) is 0 Å². The molecule has 0 radical (unpaired) electrons. The second-order valence-electron chi connectivity index (χ2n) is 0.811. The van der Waals surface area contributed by atoms with Gasteiger partial charge in [-0.15, -0.1) is 0 Å². The van der Waals surface area contributed by atoms with E-state index in [1.54, 1.807) is 0 Å². The highest BCUT2D eigenvalue weighted by Gasteiger charge is 1.60. The Morgan fingerprint density at radius 3 is 1.57 bits per heavy atom. The highest BCUT2D eigenvalue weighted by atomic mass is 16.2. The van der Waals surface area contributed by atoms with Crippen LogP contribution in [-0.2, 0) is 0 Å². The first-order valence-corrected chi connectivity index (χ1v) is 1.90. The summed E-state index contributed by atoms with van der Waals surface area (Å²) in [6, 6.07) is -0.833. The van der Waals surface area contributed by atoms with Gasteiger partial charge in [0.2, 0.25) is 0 Å². The third-order valence-electron chi connectivity index (χ3n) is 0. The lowest BCUT2D eigenvalue weighted by Gasteiger charge is -1.62. The summed E-state index contributed by atoms with van der Waals surface area (Å²) in [4.78, 5) is 9.00. The van der Waals surface area contributed by atoms with E-state index < -0.39 is 6.03 Å². The molecule has 0 aromatic heterocycles. The predicted molar refractivity (Wildman–Crippen MR) is 28.5 cm³/mol. The van der Waals surface area contributed by atoms with E-state index in [0.717, 1.165) is 6.54 Å². The zero-order valence-corrected chi connectivity index (χ0v) is 4.35. The van der Waals surface area contributed by atoms with E-state index in [0.29, 0.717) is 0 Å². The molecule has 0 saturated carbocycles. The summed E-state index contributed by atoms with van der Waals surface area (Å²) in [5, 5.41) is 0. The van der Waals surface area contributed by atoms with E-state index in [-0.39, 0.29) is 0 Å². The summed E-state index contributed by atoms with van der Waals surface area (Å²) in [6.07, 6.45) is 0. The second-order valence-corrected chi connectivity index (χ2v) is 0.811. The van der Waals surface area contributed by atoms with E-state index in [9.17, 15) is 0 Å². The van der Waals surface area contributed by atoms with Crippen molar-refractivity contribution in [3.63, 3.8) is 0 Å². The third kappa shape index (κ3) is 92.0. The first-order valence-electron chi connectivity index (χ1n) is 1.90. The van der Waals surface area contributed by atoms with Gasteiger partial charge in [-0.05, 0) is 6.54 Å². The number of carbonyl (C=O) groups excluding carboxylic acids is 1. The van der Waals surface area contributed by atoms with Gasteiger partial charge in [-0.2, -0.15) is 0 Å². The number of nitrogens with two attached hydrogens (primary N) is 3. The lowest BCUT2D eigenvalue weighted by Crippen LogP contribution is -2.18. The monoisotopic (exact) mass is 105 g/mol. The van der Waals surface area contributed by atoms with Crippen molar-refractivity contribution in [1.82, 2.24) is 0 Å². The minimum Gasteiger partial charge on any atom is -0.352 e. The summed E-state index contributed by atoms with van der Waals surface area (Å²) < 4.78 is 0. The van der Waals surface area contributed by atoms with E-state index >= 15 is 0 Å². The van der Waals surface area contributed by atoms with Gasteiger partial charge >= 0.3 is 6.03 Å². The van der Waals surface area contributed by atoms with Crippen LogP contribution < -0.4 is 17.2 Å². The van der Waals surface area contributed by atoms with Crippen molar-refractivity contribution in [2.24, 2.45) is 17.2 Å². The molecule has 0 aliphatic heterocycles. The van der Waals surface area contributed by atoms with Crippen LogP contribution >= 0.6 is 0 Å². The maximum atomic E-state index is 9.00. The Kier molecular flexibility index (Phi) is 12.2.